The Kier molecular flexibility index (Phi) is 5.76. The van der Waals surface area contributed by atoms with Crippen molar-refractivity contribution in [3.05, 3.63) is 75.7 Å². The molecule has 3 rings (SSSR count). The van der Waals surface area contributed by atoms with Crippen molar-refractivity contribution in [3.63, 3.8) is 0 Å². The zero-order valence-corrected chi connectivity index (χ0v) is 15.1. The van der Waals surface area contributed by atoms with Crippen molar-refractivity contribution in [3.8, 4) is 0 Å². The standard InChI is InChI=1S/C21H20N2O4/c1-2-27-20(24)9-8-15-12-17-14-23(11-10-18(17)19(13-15)22-26)21(25)16-6-4-3-5-7-16/h3-9,12-13H,2,10-11,14H2,1H3/p+1/b9-8+. The van der Waals surface area contributed by atoms with E-state index in [2.05, 4.69) is 0 Å². The van der Waals surface area contributed by atoms with Crippen LogP contribution in [0.25, 0.3) is 6.08 Å². The lowest BCUT2D eigenvalue weighted by Crippen LogP contribution is -2.57. The lowest BCUT2D eigenvalue weighted by atomic mass is 9.94. The van der Waals surface area contributed by atoms with Crippen molar-refractivity contribution in [2.75, 3.05) is 13.2 Å². The molecule has 138 valence electrons. The van der Waals surface area contributed by atoms with Crippen LogP contribution < -0.4 is 5.18 Å². The van der Waals surface area contributed by atoms with E-state index in [0.717, 1.165) is 11.1 Å². The zero-order chi connectivity index (χ0) is 19.2. The van der Waals surface area contributed by atoms with Crippen LogP contribution in [0, 0.1) is 4.91 Å². The highest BCUT2D eigenvalue weighted by Crippen LogP contribution is 2.27. The van der Waals surface area contributed by atoms with Crippen LogP contribution in [-0.2, 0) is 22.5 Å². The quantitative estimate of drug-likeness (QED) is 0.649. The largest absolute Gasteiger partial charge is 0.463 e. The van der Waals surface area contributed by atoms with E-state index < -0.39 is 5.97 Å². The maximum absolute atomic E-state index is 12.7. The van der Waals surface area contributed by atoms with E-state index in [1.165, 1.54) is 6.08 Å². The Hall–Kier alpha value is -3.28. The molecule has 2 aromatic carbocycles. The number of carbonyl (C=O) groups is 2. The number of nitroso groups, excluding NO2 is 1. The van der Waals surface area contributed by atoms with Crippen molar-refractivity contribution < 1.29 is 19.5 Å². The first-order valence-electron chi connectivity index (χ1n) is 8.85. The number of benzene rings is 2. The number of amides is 1. The Labute approximate surface area is 157 Å². The number of rotatable bonds is 5. The Bertz CT molecular complexity index is 891. The second kappa shape index (κ2) is 8.40. The van der Waals surface area contributed by atoms with Crippen LogP contribution in [-0.4, -0.2) is 29.9 Å². The molecule has 1 N–H and O–H groups in total. The molecule has 2 aromatic rings. The predicted octanol–water partition coefficient (Wildman–Crippen LogP) is 1.94. The summed E-state index contributed by atoms with van der Waals surface area (Å²) >= 11 is 0. The minimum atomic E-state index is -0.437. The molecule has 0 bridgehead atoms. The van der Waals surface area contributed by atoms with Gasteiger partial charge in [0.05, 0.1) is 6.61 Å². The highest BCUT2D eigenvalue weighted by atomic mass is 16.5. The normalized spacial score (nSPS) is 13.3. The van der Waals surface area contributed by atoms with E-state index in [4.69, 9.17) is 4.74 Å². The molecule has 0 unspecified atom stereocenters. The molecule has 0 spiro atoms. The van der Waals surface area contributed by atoms with E-state index >= 15 is 0 Å². The van der Waals surface area contributed by atoms with Gasteiger partial charge in [-0.25, -0.2) is 4.79 Å². The Morgan fingerprint density at radius 3 is 2.70 bits per heavy atom. The van der Waals surface area contributed by atoms with Crippen LogP contribution in [0.4, 0.5) is 5.69 Å². The summed E-state index contributed by atoms with van der Waals surface area (Å²) in [6.07, 6.45) is 3.53. The second-order valence-electron chi connectivity index (χ2n) is 6.24. The van der Waals surface area contributed by atoms with Gasteiger partial charge >= 0.3 is 5.97 Å². The van der Waals surface area contributed by atoms with E-state index in [1.54, 1.807) is 36.1 Å². The lowest BCUT2D eigenvalue weighted by molar-refractivity contribution is -0.380. The molecule has 0 radical (unpaired) electrons. The molecule has 0 aliphatic carbocycles. The monoisotopic (exact) mass is 365 g/mol. The second-order valence-corrected chi connectivity index (χ2v) is 6.24. The molecular formula is C21H21N2O4+. The topological polar surface area (TPSA) is 77.7 Å². The van der Waals surface area contributed by atoms with E-state index in [0.29, 0.717) is 42.9 Å². The molecule has 1 aliphatic rings. The molecular weight excluding hydrogens is 344 g/mol. The Morgan fingerprint density at radius 2 is 2.00 bits per heavy atom. The third-order valence-corrected chi connectivity index (χ3v) is 4.47. The van der Waals surface area contributed by atoms with Crippen LogP contribution in [0.3, 0.4) is 0 Å². The average Bonchev–Trinajstić information content (AvgIpc) is 2.71. The van der Waals surface area contributed by atoms with Gasteiger partial charge in [0.2, 0.25) is 0 Å². The highest BCUT2D eigenvalue weighted by molar-refractivity contribution is 5.94. The van der Waals surface area contributed by atoms with E-state index in [1.807, 2.05) is 29.4 Å². The Morgan fingerprint density at radius 1 is 1.22 bits per heavy atom. The predicted molar refractivity (Wildman–Crippen MR) is 101 cm³/mol. The van der Waals surface area contributed by atoms with Crippen molar-refractivity contribution >= 4 is 23.6 Å². The van der Waals surface area contributed by atoms with E-state index in [9.17, 15) is 14.5 Å². The van der Waals surface area contributed by atoms with Gasteiger partial charge in [0, 0.05) is 46.4 Å². The summed E-state index contributed by atoms with van der Waals surface area (Å²) in [4.78, 5) is 37.4. The van der Waals surface area contributed by atoms with Gasteiger partial charge in [0.25, 0.3) is 11.6 Å². The summed E-state index contributed by atoms with van der Waals surface area (Å²) < 4.78 is 4.87. The van der Waals surface area contributed by atoms with Gasteiger partial charge in [0.1, 0.15) is 0 Å². The number of nitrogens with one attached hydrogen (secondary N) is 1. The first kappa shape index (κ1) is 18.5. The molecule has 1 heterocycles. The lowest BCUT2D eigenvalue weighted by Gasteiger charge is -2.28. The summed E-state index contributed by atoms with van der Waals surface area (Å²) in [5, 5.41) is 1.98. The highest BCUT2D eigenvalue weighted by Gasteiger charge is 2.26. The molecule has 6 nitrogen and oxygen atoms in total. The molecule has 6 heteroatoms. The summed E-state index contributed by atoms with van der Waals surface area (Å²) in [6.45, 7) is 3.01. The summed E-state index contributed by atoms with van der Waals surface area (Å²) in [5.41, 5.74) is 3.63. The number of esters is 1. The Balaban J connectivity index is 1.86. The van der Waals surface area contributed by atoms with Gasteiger partial charge in [-0.1, -0.05) is 18.2 Å². The summed E-state index contributed by atoms with van der Waals surface area (Å²) in [7, 11) is 0. The van der Waals surface area contributed by atoms with Crippen molar-refractivity contribution in [2.45, 2.75) is 19.9 Å². The fourth-order valence-corrected chi connectivity index (χ4v) is 3.20. The van der Waals surface area contributed by atoms with Crippen LogP contribution >= 0.6 is 0 Å². The number of nitrogens with zero attached hydrogens (tertiary/aromatic N) is 1. The molecule has 27 heavy (non-hydrogen) atoms. The van der Waals surface area contributed by atoms with Crippen molar-refractivity contribution in [2.24, 2.45) is 0 Å². The molecule has 0 fully saturated rings. The van der Waals surface area contributed by atoms with Gasteiger partial charge in [-0.3, -0.25) is 4.79 Å². The number of hydrogen-bond donors (Lipinski definition) is 1. The SMILES string of the molecule is CCOC(=O)/C=C/c1cc2c(c([NH+]=O)c1)CCN(C(=O)c1ccccc1)C2. The van der Waals surface area contributed by atoms with Crippen LogP contribution in [0.15, 0.2) is 48.5 Å². The zero-order valence-electron chi connectivity index (χ0n) is 15.1. The van der Waals surface area contributed by atoms with Gasteiger partial charge in [0.15, 0.2) is 0 Å². The minimum Gasteiger partial charge on any atom is -0.463 e. The van der Waals surface area contributed by atoms with E-state index in [-0.39, 0.29) is 5.91 Å². The maximum Gasteiger partial charge on any atom is 0.330 e. The maximum atomic E-state index is 12.7. The average molecular weight is 365 g/mol. The molecule has 1 amide bonds. The molecule has 1 aliphatic heterocycles. The third-order valence-electron chi connectivity index (χ3n) is 4.47. The number of fused-ring (bicyclic) bond motifs is 1. The van der Waals surface area contributed by atoms with Crippen LogP contribution in [0.1, 0.15) is 34.0 Å². The number of carbonyl (C=O) groups excluding carboxylic acids is 2. The smallest absolute Gasteiger partial charge is 0.330 e. The first-order chi connectivity index (χ1) is 13.1. The van der Waals surface area contributed by atoms with Gasteiger partial charge in [-0.05, 0) is 48.7 Å². The van der Waals surface area contributed by atoms with Crippen molar-refractivity contribution in [1.29, 1.82) is 0 Å². The van der Waals surface area contributed by atoms with Crippen LogP contribution in [0.5, 0.6) is 0 Å². The molecule has 0 aromatic heterocycles. The summed E-state index contributed by atoms with van der Waals surface area (Å²) in [5.74, 6) is -0.474. The fraction of sp³-hybridized carbons (Fsp3) is 0.238. The molecule has 0 saturated carbocycles. The molecule has 0 atom stereocenters. The molecule has 0 saturated heterocycles. The third kappa shape index (κ3) is 4.28. The number of hydrogen-bond acceptors (Lipinski definition) is 4. The van der Waals surface area contributed by atoms with Gasteiger partial charge in [-0.15, -0.1) is 0 Å². The van der Waals surface area contributed by atoms with Crippen molar-refractivity contribution in [1.82, 2.24) is 4.90 Å². The van der Waals surface area contributed by atoms with Crippen LogP contribution in [0.2, 0.25) is 0 Å². The summed E-state index contributed by atoms with van der Waals surface area (Å²) in [6, 6.07) is 12.7. The first-order valence-corrected chi connectivity index (χ1v) is 8.85. The van der Waals surface area contributed by atoms with Gasteiger partial charge in [-0.2, -0.15) is 0 Å². The number of ether oxygens (including phenoxy) is 1. The fourth-order valence-electron chi connectivity index (χ4n) is 3.20. The van der Waals surface area contributed by atoms with Gasteiger partial charge < -0.3 is 9.64 Å². The minimum absolute atomic E-state index is 0.0367.